The van der Waals surface area contributed by atoms with Gasteiger partial charge in [0.25, 0.3) is 5.91 Å². The number of nitrogens with one attached hydrogen (secondary N) is 1. The Morgan fingerprint density at radius 2 is 2.05 bits per heavy atom. The van der Waals surface area contributed by atoms with E-state index in [1.165, 1.54) is 29.8 Å². The molecule has 1 aromatic carbocycles. The largest absolute Gasteiger partial charge is 0.505 e. The smallest absolute Gasteiger partial charge is 0.278 e. The SMILES string of the molecule is O=C(Nc1ccc2c(c1)CCC2)c1ncccc1O. The van der Waals surface area contributed by atoms with E-state index >= 15 is 0 Å². The molecule has 0 saturated heterocycles. The van der Waals surface area contributed by atoms with Crippen LogP contribution in [0.15, 0.2) is 36.5 Å². The van der Waals surface area contributed by atoms with Crippen LogP contribution in [0.2, 0.25) is 0 Å². The van der Waals surface area contributed by atoms with E-state index in [2.05, 4.69) is 16.4 Å². The number of carbonyl (C=O) groups excluding carboxylic acids is 1. The summed E-state index contributed by atoms with van der Waals surface area (Å²) in [5.41, 5.74) is 3.44. The predicted molar refractivity (Wildman–Crippen MR) is 72.3 cm³/mol. The molecule has 1 aliphatic carbocycles. The summed E-state index contributed by atoms with van der Waals surface area (Å²) < 4.78 is 0. The second-order valence-electron chi connectivity index (χ2n) is 4.66. The van der Waals surface area contributed by atoms with Gasteiger partial charge in [0, 0.05) is 11.9 Å². The highest BCUT2D eigenvalue weighted by molar-refractivity contribution is 6.04. The van der Waals surface area contributed by atoms with Gasteiger partial charge in [-0.15, -0.1) is 0 Å². The summed E-state index contributed by atoms with van der Waals surface area (Å²) in [4.78, 5) is 15.9. The molecule has 3 rings (SSSR count). The lowest BCUT2D eigenvalue weighted by Gasteiger charge is -2.07. The first-order valence-corrected chi connectivity index (χ1v) is 6.31. The number of nitrogens with zero attached hydrogens (tertiary/aromatic N) is 1. The molecule has 0 fully saturated rings. The van der Waals surface area contributed by atoms with E-state index in [0.29, 0.717) is 0 Å². The first-order chi connectivity index (χ1) is 9.24. The Bertz CT molecular complexity index is 638. The maximum absolute atomic E-state index is 12.0. The van der Waals surface area contributed by atoms with Crippen LogP contribution in [-0.2, 0) is 12.8 Å². The van der Waals surface area contributed by atoms with Gasteiger partial charge in [-0.25, -0.2) is 4.98 Å². The van der Waals surface area contributed by atoms with E-state index in [9.17, 15) is 9.90 Å². The number of anilines is 1. The number of benzene rings is 1. The van der Waals surface area contributed by atoms with Crippen LogP contribution in [0.4, 0.5) is 5.69 Å². The third kappa shape index (κ3) is 2.29. The Hall–Kier alpha value is -2.36. The highest BCUT2D eigenvalue weighted by Crippen LogP contribution is 2.25. The molecule has 0 radical (unpaired) electrons. The number of aryl methyl sites for hydroxylation is 2. The zero-order valence-electron chi connectivity index (χ0n) is 10.4. The molecule has 96 valence electrons. The molecule has 4 heteroatoms. The molecule has 0 bridgehead atoms. The monoisotopic (exact) mass is 254 g/mol. The van der Waals surface area contributed by atoms with Crippen molar-refractivity contribution < 1.29 is 9.90 Å². The number of pyridine rings is 1. The fourth-order valence-corrected chi connectivity index (χ4v) is 2.41. The minimum Gasteiger partial charge on any atom is -0.505 e. The first kappa shape index (κ1) is 11.7. The van der Waals surface area contributed by atoms with Gasteiger partial charge in [-0.05, 0) is 54.7 Å². The molecule has 1 aliphatic rings. The lowest BCUT2D eigenvalue weighted by molar-refractivity contribution is 0.101. The second kappa shape index (κ2) is 4.72. The summed E-state index contributed by atoms with van der Waals surface area (Å²) >= 11 is 0. The fourth-order valence-electron chi connectivity index (χ4n) is 2.41. The van der Waals surface area contributed by atoms with Crippen molar-refractivity contribution in [3.05, 3.63) is 53.3 Å². The zero-order valence-corrected chi connectivity index (χ0v) is 10.4. The molecule has 19 heavy (non-hydrogen) atoms. The molecular formula is C15H14N2O2. The van der Waals surface area contributed by atoms with Crippen molar-refractivity contribution in [2.24, 2.45) is 0 Å². The zero-order chi connectivity index (χ0) is 13.2. The number of amides is 1. The number of rotatable bonds is 2. The lowest BCUT2D eigenvalue weighted by Crippen LogP contribution is -2.13. The first-order valence-electron chi connectivity index (χ1n) is 6.31. The molecule has 1 aromatic heterocycles. The van der Waals surface area contributed by atoms with Crippen molar-refractivity contribution in [2.75, 3.05) is 5.32 Å². The van der Waals surface area contributed by atoms with Crippen LogP contribution in [0, 0.1) is 0 Å². The molecular weight excluding hydrogens is 240 g/mol. The third-order valence-corrected chi connectivity index (χ3v) is 3.36. The molecule has 0 saturated carbocycles. The number of aromatic hydroxyl groups is 1. The quantitative estimate of drug-likeness (QED) is 0.865. The molecule has 1 heterocycles. The summed E-state index contributed by atoms with van der Waals surface area (Å²) in [5.74, 6) is -0.503. The Labute approximate surface area is 111 Å². The van der Waals surface area contributed by atoms with Gasteiger partial charge >= 0.3 is 0 Å². The van der Waals surface area contributed by atoms with Crippen LogP contribution < -0.4 is 5.32 Å². The summed E-state index contributed by atoms with van der Waals surface area (Å²) in [6.45, 7) is 0. The molecule has 2 aromatic rings. The Morgan fingerprint density at radius 1 is 1.21 bits per heavy atom. The number of hydrogen-bond donors (Lipinski definition) is 2. The highest BCUT2D eigenvalue weighted by atomic mass is 16.3. The lowest BCUT2D eigenvalue weighted by atomic mass is 10.1. The van der Waals surface area contributed by atoms with Crippen LogP contribution in [-0.4, -0.2) is 16.0 Å². The normalized spacial score (nSPS) is 13.1. The molecule has 0 unspecified atom stereocenters. The Kier molecular flexibility index (Phi) is 2.91. The van der Waals surface area contributed by atoms with E-state index < -0.39 is 5.91 Å². The number of fused-ring (bicyclic) bond motifs is 1. The van der Waals surface area contributed by atoms with Gasteiger partial charge in [0.15, 0.2) is 5.69 Å². The molecule has 4 nitrogen and oxygen atoms in total. The molecule has 0 spiro atoms. The van der Waals surface area contributed by atoms with E-state index in [1.54, 1.807) is 6.07 Å². The van der Waals surface area contributed by atoms with Gasteiger partial charge in [-0.3, -0.25) is 4.79 Å². The van der Waals surface area contributed by atoms with E-state index in [0.717, 1.165) is 18.5 Å². The Balaban J connectivity index is 1.82. The van der Waals surface area contributed by atoms with Gasteiger partial charge < -0.3 is 10.4 Å². The van der Waals surface area contributed by atoms with Crippen LogP contribution in [0.25, 0.3) is 0 Å². The van der Waals surface area contributed by atoms with Crippen molar-refractivity contribution >= 4 is 11.6 Å². The van der Waals surface area contributed by atoms with Crippen LogP contribution in [0.3, 0.4) is 0 Å². The number of hydrogen-bond acceptors (Lipinski definition) is 3. The van der Waals surface area contributed by atoms with Crippen LogP contribution >= 0.6 is 0 Å². The van der Waals surface area contributed by atoms with Gasteiger partial charge in [-0.1, -0.05) is 6.07 Å². The van der Waals surface area contributed by atoms with Gasteiger partial charge in [0.2, 0.25) is 0 Å². The third-order valence-electron chi connectivity index (χ3n) is 3.36. The standard InChI is InChI=1S/C15H14N2O2/c18-13-5-2-8-16-14(13)15(19)17-12-7-6-10-3-1-4-11(10)9-12/h2,5-9,18H,1,3-4H2,(H,17,19). The van der Waals surface area contributed by atoms with E-state index in [-0.39, 0.29) is 11.4 Å². The highest BCUT2D eigenvalue weighted by Gasteiger charge is 2.15. The van der Waals surface area contributed by atoms with Gasteiger partial charge in [-0.2, -0.15) is 0 Å². The average molecular weight is 254 g/mol. The maximum atomic E-state index is 12.0. The Morgan fingerprint density at radius 3 is 2.89 bits per heavy atom. The van der Waals surface area contributed by atoms with Crippen molar-refractivity contribution in [3.63, 3.8) is 0 Å². The summed E-state index contributed by atoms with van der Waals surface area (Å²) in [5, 5.41) is 12.4. The predicted octanol–water partition coefficient (Wildman–Crippen LogP) is 2.53. The fraction of sp³-hybridized carbons (Fsp3) is 0.200. The molecule has 2 N–H and O–H groups in total. The molecule has 0 aliphatic heterocycles. The average Bonchev–Trinajstić information content (AvgIpc) is 2.86. The maximum Gasteiger partial charge on any atom is 0.278 e. The van der Waals surface area contributed by atoms with Gasteiger partial charge in [0.05, 0.1) is 0 Å². The molecule has 0 atom stereocenters. The van der Waals surface area contributed by atoms with E-state index in [4.69, 9.17) is 0 Å². The summed E-state index contributed by atoms with van der Waals surface area (Å²) in [6.07, 6.45) is 4.84. The number of aromatic nitrogens is 1. The van der Waals surface area contributed by atoms with Crippen LogP contribution in [0.1, 0.15) is 28.0 Å². The number of carbonyl (C=O) groups is 1. The molecule has 1 amide bonds. The van der Waals surface area contributed by atoms with Crippen molar-refractivity contribution in [3.8, 4) is 5.75 Å². The minimum atomic E-state index is -0.393. The summed E-state index contributed by atoms with van der Waals surface area (Å²) in [7, 11) is 0. The second-order valence-corrected chi connectivity index (χ2v) is 4.66. The minimum absolute atomic E-state index is 0.0444. The van der Waals surface area contributed by atoms with Crippen molar-refractivity contribution in [2.45, 2.75) is 19.3 Å². The van der Waals surface area contributed by atoms with Crippen molar-refractivity contribution in [1.82, 2.24) is 4.98 Å². The van der Waals surface area contributed by atoms with Crippen molar-refractivity contribution in [1.29, 1.82) is 0 Å². The van der Waals surface area contributed by atoms with Crippen LogP contribution in [0.5, 0.6) is 5.75 Å². The van der Waals surface area contributed by atoms with E-state index in [1.807, 2.05) is 12.1 Å². The summed E-state index contributed by atoms with van der Waals surface area (Å²) in [6, 6.07) is 8.98. The van der Waals surface area contributed by atoms with Gasteiger partial charge in [0.1, 0.15) is 5.75 Å². The topological polar surface area (TPSA) is 62.2 Å².